The number of hydrogen-bond donors (Lipinski definition) is 1. The van der Waals surface area contributed by atoms with Crippen LogP contribution in [0.2, 0.25) is 0 Å². The lowest BCUT2D eigenvalue weighted by Gasteiger charge is -2.18. The maximum absolute atomic E-state index is 11.9. The van der Waals surface area contributed by atoms with Gasteiger partial charge in [-0.2, -0.15) is 0 Å². The molecule has 1 N–H and O–H groups in total. The summed E-state index contributed by atoms with van der Waals surface area (Å²) in [6.07, 6.45) is -1.77. The van der Waals surface area contributed by atoms with E-state index in [1.165, 1.54) is 0 Å². The standard InChI is InChI=1S/C12H15Br2F2NO/c1-17-11(4-5-18-7-12(15)16)9-6-8(13)2-3-10(9)14/h2-3,6,11-12,17H,4-5,7H2,1H3. The van der Waals surface area contributed by atoms with Crippen LogP contribution >= 0.6 is 31.9 Å². The highest BCUT2D eigenvalue weighted by atomic mass is 79.9. The maximum Gasteiger partial charge on any atom is 0.261 e. The summed E-state index contributed by atoms with van der Waals surface area (Å²) in [5, 5.41) is 3.16. The predicted molar refractivity (Wildman–Crippen MR) is 75.1 cm³/mol. The van der Waals surface area contributed by atoms with Crippen LogP contribution in [0.4, 0.5) is 8.78 Å². The smallest absolute Gasteiger partial charge is 0.261 e. The van der Waals surface area contributed by atoms with Gasteiger partial charge in [-0.05, 0) is 37.2 Å². The fraction of sp³-hybridized carbons (Fsp3) is 0.500. The minimum Gasteiger partial charge on any atom is -0.375 e. The van der Waals surface area contributed by atoms with Gasteiger partial charge < -0.3 is 10.1 Å². The van der Waals surface area contributed by atoms with Gasteiger partial charge in [-0.25, -0.2) is 8.78 Å². The largest absolute Gasteiger partial charge is 0.375 e. The van der Waals surface area contributed by atoms with Crippen molar-refractivity contribution >= 4 is 31.9 Å². The molecule has 0 amide bonds. The third kappa shape index (κ3) is 5.30. The van der Waals surface area contributed by atoms with Crippen LogP contribution in [-0.4, -0.2) is 26.7 Å². The first kappa shape index (κ1) is 16.0. The Morgan fingerprint density at radius 2 is 2.06 bits per heavy atom. The highest BCUT2D eigenvalue weighted by Crippen LogP contribution is 2.28. The van der Waals surface area contributed by atoms with Crippen molar-refractivity contribution in [3.8, 4) is 0 Å². The lowest BCUT2D eigenvalue weighted by atomic mass is 10.0. The minimum atomic E-state index is -2.41. The van der Waals surface area contributed by atoms with E-state index in [2.05, 4.69) is 37.2 Å². The van der Waals surface area contributed by atoms with Crippen molar-refractivity contribution in [2.24, 2.45) is 0 Å². The summed E-state index contributed by atoms with van der Waals surface area (Å²) in [5.41, 5.74) is 1.08. The van der Waals surface area contributed by atoms with Crippen LogP contribution in [0, 0.1) is 0 Å². The zero-order valence-corrected chi connectivity index (χ0v) is 13.1. The van der Waals surface area contributed by atoms with Crippen molar-refractivity contribution < 1.29 is 13.5 Å². The number of halogens is 4. The van der Waals surface area contributed by atoms with Crippen molar-refractivity contribution in [2.45, 2.75) is 18.9 Å². The molecule has 0 radical (unpaired) electrons. The zero-order valence-electron chi connectivity index (χ0n) is 9.93. The van der Waals surface area contributed by atoms with E-state index >= 15 is 0 Å². The number of alkyl halides is 2. The Kier molecular flexibility index (Phi) is 7.29. The fourth-order valence-electron chi connectivity index (χ4n) is 1.61. The van der Waals surface area contributed by atoms with Gasteiger partial charge in [0, 0.05) is 21.6 Å². The monoisotopic (exact) mass is 385 g/mol. The van der Waals surface area contributed by atoms with Gasteiger partial charge in [-0.15, -0.1) is 0 Å². The molecule has 0 aromatic heterocycles. The molecule has 6 heteroatoms. The molecule has 0 bridgehead atoms. The third-order valence-electron chi connectivity index (χ3n) is 2.48. The Hall–Kier alpha value is -0.0400. The normalized spacial score (nSPS) is 13.0. The number of benzene rings is 1. The molecule has 0 saturated carbocycles. The second kappa shape index (κ2) is 8.19. The molecule has 1 rings (SSSR count). The van der Waals surface area contributed by atoms with E-state index in [4.69, 9.17) is 4.74 Å². The van der Waals surface area contributed by atoms with E-state index in [1.54, 1.807) is 0 Å². The average molecular weight is 387 g/mol. The molecule has 0 aliphatic carbocycles. The van der Waals surface area contributed by atoms with Gasteiger partial charge in [0.25, 0.3) is 6.43 Å². The molecule has 1 aromatic rings. The predicted octanol–water partition coefficient (Wildman–Crippen LogP) is 4.14. The molecular weight excluding hydrogens is 372 g/mol. The molecule has 0 fully saturated rings. The highest BCUT2D eigenvalue weighted by molar-refractivity contribution is 9.11. The molecule has 102 valence electrons. The van der Waals surface area contributed by atoms with Crippen LogP contribution < -0.4 is 5.32 Å². The fourth-order valence-corrected chi connectivity index (χ4v) is 2.51. The molecule has 0 spiro atoms. The molecule has 1 aromatic carbocycles. The second-order valence-corrected chi connectivity index (χ2v) is 5.53. The van der Waals surface area contributed by atoms with Gasteiger partial charge in [0.1, 0.15) is 6.61 Å². The number of nitrogens with one attached hydrogen (secondary N) is 1. The van der Waals surface area contributed by atoms with Crippen LogP contribution in [0.15, 0.2) is 27.1 Å². The highest BCUT2D eigenvalue weighted by Gasteiger charge is 2.13. The summed E-state index contributed by atoms with van der Waals surface area (Å²) in [5.74, 6) is 0. The summed E-state index contributed by atoms with van der Waals surface area (Å²) in [7, 11) is 1.84. The quantitative estimate of drug-likeness (QED) is 0.711. The molecule has 0 heterocycles. The first-order chi connectivity index (χ1) is 8.54. The van der Waals surface area contributed by atoms with Crippen molar-refractivity contribution in [1.29, 1.82) is 0 Å². The molecule has 1 unspecified atom stereocenters. The van der Waals surface area contributed by atoms with Gasteiger partial charge in [0.2, 0.25) is 0 Å². The topological polar surface area (TPSA) is 21.3 Å². The molecule has 0 aliphatic rings. The van der Waals surface area contributed by atoms with E-state index in [9.17, 15) is 8.78 Å². The molecule has 2 nitrogen and oxygen atoms in total. The Balaban J connectivity index is 2.57. The van der Waals surface area contributed by atoms with Gasteiger partial charge in [0.15, 0.2) is 0 Å². The molecule has 18 heavy (non-hydrogen) atoms. The zero-order chi connectivity index (χ0) is 13.5. The second-order valence-electron chi connectivity index (χ2n) is 3.76. The Bertz CT molecular complexity index is 377. The van der Waals surface area contributed by atoms with Crippen LogP contribution in [0.3, 0.4) is 0 Å². The Morgan fingerprint density at radius 1 is 1.33 bits per heavy atom. The number of ether oxygens (including phenoxy) is 1. The van der Waals surface area contributed by atoms with Crippen molar-refractivity contribution in [1.82, 2.24) is 5.32 Å². The molecule has 1 atom stereocenters. The van der Waals surface area contributed by atoms with Gasteiger partial charge in [-0.3, -0.25) is 0 Å². The van der Waals surface area contributed by atoms with E-state index in [0.717, 1.165) is 14.5 Å². The van der Waals surface area contributed by atoms with Gasteiger partial charge in [0.05, 0.1) is 0 Å². The van der Waals surface area contributed by atoms with E-state index in [0.29, 0.717) is 13.0 Å². The Labute approximate surface area is 122 Å². The van der Waals surface area contributed by atoms with E-state index in [-0.39, 0.29) is 6.04 Å². The van der Waals surface area contributed by atoms with Crippen molar-refractivity contribution in [3.63, 3.8) is 0 Å². The van der Waals surface area contributed by atoms with Crippen LogP contribution in [-0.2, 0) is 4.74 Å². The van der Waals surface area contributed by atoms with Crippen LogP contribution in [0.25, 0.3) is 0 Å². The summed E-state index contributed by atoms with van der Waals surface area (Å²) >= 11 is 6.90. The first-order valence-electron chi connectivity index (χ1n) is 5.52. The third-order valence-corrected chi connectivity index (χ3v) is 3.69. The molecule has 0 aliphatic heterocycles. The van der Waals surface area contributed by atoms with E-state index in [1.807, 2.05) is 25.2 Å². The lowest BCUT2D eigenvalue weighted by Crippen LogP contribution is -2.19. The average Bonchev–Trinajstić information content (AvgIpc) is 2.33. The van der Waals surface area contributed by atoms with Gasteiger partial charge in [-0.1, -0.05) is 31.9 Å². The summed E-state index contributed by atoms with van der Waals surface area (Å²) < 4.78 is 30.7. The van der Waals surface area contributed by atoms with Crippen LogP contribution in [0.1, 0.15) is 18.0 Å². The number of rotatable bonds is 7. The minimum absolute atomic E-state index is 0.0644. The summed E-state index contributed by atoms with van der Waals surface area (Å²) in [6, 6.07) is 5.95. The summed E-state index contributed by atoms with van der Waals surface area (Å²) in [6.45, 7) is -0.203. The maximum atomic E-state index is 11.9. The first-order valence-corrected chi connectivity index (χ1v) is 7.11. The molecular formula is C12H15Br2F2NO. The summed E-state index contributed by atoms with van der Waals surface area (Å²) in [4.78, 5) is 0. The van der Waals surface area contributed by atoms with E-state index < -0.39 is 13.0 Å². The lowest BCUT2D eigenvalue weighted by molar-refractivity contribution is 0.0145. The van der Waals surface area contributed by atoms with Crippen LogP contribution in [0.5, 0.6) is 0 Å². The van der Waals surface area contributed by atoms with Crippen molar-refractivity contribution in [2.75, 3.05) is 20.3 Å². The van der Waals surface area contributed by atoms with Crippen molar-refractivity contribution in [3.05, 3.63) is 32.7 Å². The van der Waals surface area contributed by atoms with Gasteiger partial charge >= 0.3 is 0 Å². The number of hydrogen-bond acceptors (Lipinski definition) is 2. The SMILES string of the molecule is CNC(CCOCC(F)F)c1cc(Br)ccc1Br. The Morgan fingerprint density at radius 3 is 2.67 bits per heavy atom. The molecule has 0 saturated heterocycles.